The number of anilines is 2. The Balaban J connectivity index is 1.47. The zero-order chi connectivity index (χ0) is 24.1. The number of benzene rings is 2. The molecule has 0 fully saturated rings. The number of hydrogen-bond acceptors (Lipinski definition) is 6. The van der Waals surface area contributed by atoms with Crippen LogP contribution in [-0.4, -0.2) is 39.1 Å². The average molecular weight is 475 g/mol. The van der Waals surface area contributed by atoms with E-state index < -0.39 is 0 Å². The Morgan fingerprint density at radius 3 is 2.47 bits per heavy atom. The van der Waals surface area contributed by atoms with Crippen molar-refractivity contribution in [3.8, 4) is 5.69 Å². The molecule has 0 aliphatic rings. The normalized spacial score (nSPS) is 11.1. The summed E-state index contributed by atoms with van der Waals surface area (Å²) >= 11 is 5.30. The van der Waals surface area contributed by atoms with Crippen molar-refractivity contribution in [2.75, 3.05) is 23.3 Å². The van der Waals surface area contributed by atoms with Crippen molar-refractivity contribution < 1.29 is 9.21 Å². The summed E-state index contributed by atoms with van der Waals surface area (Å²) in [6.45, 7) is 8.14. The Hall–Kier alpha value is -3.98. The fraction of sp³-hybridized carbons (Fsp3) is 0.200. The number of carbonyl (C=O) groups excluding carboxylic acids is 1. The summed E-state index contributed by atoms with van der Waals surface area (Å²) in [4.78, 5) is 16.0. The third-order valence-electron chi connectivity index (χ3n) is 5.36. The summed E-state index contributed by atoms with van der Waals surface area (Å²) in [6, 6.07) is 15.5. The van der Waals surface area contributed by atoms with Crippen LogP contribution in [0.1, 0.15) is 25.2 Å². The number of aromatic nitrogens is 3. The van der Waals surface area contributed by atoms with E-state index in [0.717, 1.165) is 35.5 Å². The average Bonchev–Trinajstić information content (AvgIpc) is 3.49. The lowest BCUT2D eigenvalue weighted by Crippen LogP contribution is -2.33. The first-order valence-corrected chi connectivity index (χ1v) is 11.4. The van der Waals surface area contributed by atoms with E-state index >= 15 is 0 Å². The van der Waals surface area contributed by atoms with Gasteiger partial charge in [0.1, 0.15) is 16.8 Å². The third-order valence-corrected chi connectivity index (χ3v) is 5.57. The summed E-state index contributed by atoms with van der Waals surface area (Å²) in [5, 5.41) is 15.1. The number of thiocarbonyl (C=S) groups is 1. The minimum Gasteiger partial charge on any atom is -0.465 e. The van der Waals surface area contributed by atoms with Gasteiger partial charge in [-0.15, -0.1) is 10.2 Å². The highest BCUT2D eigenvalue weighted by Gasteiger charge is 2.11. The smallest absolute Gasteiger partial charge is 0.250 e. The van der Waals surface area contributed by atoms with E-state index in [9.17, 15) is 4.79 Å². The second-order valence-corrected chi connectivity index (χ2v) is 8.03. The number of fused-ring (bicyclic) bond motifs is 1. The van der Waals surface area contributed by atoms with Crippen molar-refractivity contribution in [2.45, 2.75) is 20.8 Å². The molecule has 8 nitrogen and oxygen atoms in total. The lowest BCUT2D eigenvalue weighted by molar-refractivity contribution is -0.115. The van der Waals surface area contributed by atoms with Crippen LogP contribution in [0.15, 0.2) is 65.3 Å². The van der Waals surface area contributed by atoms with E-state index in [1.807, 2.05) is 31.2 Å². The first-order chi connectivity index (χ1) is 16.5. The van der Waals surface area contributed by atoms with Gasteiger partial charge >= 0.3 is 0 Å². The summed E-state index contributed by atoms with van der Waals surface area (Å²) in [6.07, 6.45) is 4.47. The van der Waals surface area contributed by atoms with Crippen molar-refractivity contribution in [3.63, 3.8) is 0 Å². The van der Waals surface area contributed by atoms with Gasteiger partial charge in [-0.1, -0.05) is 0 Å². The lowest BCUT2D eigenvalue weighted by Gasteiger charge is -2.20. The fourth-order valence-corrected chi connectivity index (χ4v) is 3.77. The molecular formula is C25H26N6O2S. The maximum atomic E-state index is 12.1. The Bertz CT molecular complexity index is 1320. The number of hydrogen-bond donors (Lipinski definition) is 2. The van der Waals surface area contributed by atoms with Gasteiger partial charge in [0.25, 0.3) is 0 Å². The van der Waals surface area contributed by atoms with Gasteiger partial charge in [-0.2, -0.15) is 4.80 Å². The third kappa shape index (κ3) is 5.32. The number of carbonyl (C=O) groups is 1. The molecule has 4 aromatic rings. The topological polar surface area (TPSA) is 88.2 Å². The number of aryl methyl sites for hydroxylation is 1. The highest BCUT2D eigenvalue weighted by molar-refractivity contribution is 7.80. The Morgan fingerprint density at radius 1 is 1.12 bits per heavy atom. The maximum Gasteiger partial charge on any atom is 0.250 e. The van der Waals surface area contributed by atoms with Crippen LogP contribution in [0.25, 0.3) is 22.8 Å². The molecule has 0 atom stereocenters. The number of nitrogens with zero attached hydrogens (tertiary/aromatic N) is 4. The van der Waals surface area contributed by atoms with Crippen LogP contribution in [0.2, 0.25) is 0 Å². The Morgan fingerprint density at radius 2 is 1.82 bits per heavy atom. The molecule has 2 N–H and O–H groups in total. The Kier molecular flexibility index (Phi) is 7.03. The highest BCUT2D eigenvalue weighted by atomic mass is 32.1. The molecule has 0 saturated heterocycles. The molecule has 2 heterocycles. The van der Waals surface area contributed by atoms with Gasteiger partial charge < -0.3 is 14.6 Å². The number of rotatable bonds is 7. The van der Waals surface area contributed by atoms with Crippen LogP contribution in [0, 0.1) is 6.92 Å². The van der Waals surface area contributed by atoms with E-state index in [0.29, 0.717) is 11.3 Å². The quantitative estimate of drug-likeness (QED) is 0.297. The molecular weight excluding hydrogens is 448 g/mol. The van der Waals surface area contributed by atoms with Crippen molar-refractivity contribution in [1.29, 1.82) is 0 Å². The van der Waals surface area contributed by atoms with E-state index in [1.54, 1.807) is 29.3 Å². The second kappa shape index (κ2) is 10.3. The molecule has 174 valence electrons. The second-order valence-electron chi connectivity index (χ2n) is 7.63. The molecule has 9 heteroatoms. The molecule has 4 rings (SSSR count). The summed E-state index contributed by atoms with van der Waals surface area (Å²) in [5.74, 6) is 0.229. The molecule has 0 radical (unpaired) electrons. The van der Waals surface area contributed by atoms with Crippen molar-refractivity contribution in [3.05, 3.63) is 72.2 Å². The SMILES string of the molecule is CCN(CC)c1ccc(-n2nc3cc(C)c(NC(=S)NC(=O)/C=C/c4ccco4)cc3n2)cc1. The minimum atomic E-state index is -0.355. The molecule has 0 aliphatic carbocycles. The van der Waals surface area contributed by atoms with Gasteiger partial charge in [0.2, 0.25) is 5.91 Å². The molecule has 34 heavy (non-hydrogen) atoms. The molecule has 2 aromatic carbocycles. The van der Waals surface area contributed by atoms with Gasteiger partial charge in [0.05, 0.1) is 12.0 Å². The van der Waals surface area contributed by atoms with Gasteiger partial charge in [0, 0.05) is 30.5 Å². The largest absolute Gasteiger partial charge is 0.465 e. The number of furan rings is 1. The van der Waals surface area contributed by atoms with Gasteiger partial charge in [-0.05, 0) is 93.2 Å². The van der Waals surface area contributed by atoms with Crippen LogP contribution in [0.3, 0.4) is 0 Å². The van der Waals surface area contributed by atoms with Gasteiger partial charge in [-0.25, -0.2) is 0 Å². The van der Waals surface area contributed by atoms with Crippen molar-refractivity contribution >= 4 is 51.7 Å². The Labute approximate surface area is 203 Å². The summed E-state index contributed by atoms with van der Waals surface area (Å²) in [7, 11) is 0. The molecule has 2 aromatic heterocycles. The number of amides is 1. The minimum absolute atomic E-state index is 0.191. The van der Waals surface area contributed by atoms with E-state index in [2.05, 4.69) is 51.7 Å². The zero-order valence-corrected chi connectivity index (χ0v) is 20.1. The first-order valence-electron chi connectivity index (χ1n) is 11.0. The lowest BCUT2D eigenvalue weighted by atomic mass is 10.2. The van der Waals surface area contributed by atoms with Crippen molar-refractivity contribution in [2.24, 2.45) is 0 Å². The molecule has 0 aliphatic heterocycles. The van der Waals surface area contributed by atoms with E-state index in [-0.39, 0.29) is 11.0 Å². The summed E-state index contributed by atoms with van der Waals surface area (Å²) < 4.78 is 5.17. The number of nitrogens with one attached hydrogen (secondary N) is 2. The molecule has 0 saturated carbocycles. The zero-order valence-electron chi connectivity index (χ0n) is 19.3. The molecule has 0 unspecified atom stereocenters. The van der Waals surface area contributed by atoms with Crippen LogP contribution in [0.5, 0.6) is 0 Å². The predicted octanol–water partition coefficient (Wildman–Crippen LogP) is 4.69. The molecule has 0 bridgehead atoms. The van der Waals surface area contributed by atoms with Crippen LogP contribution in [-0.2, 0) is 4.79 Å². The fourth-order valence-electron chi connectivity index (χ4n) is 3.55. The van der Waals surface area contributed by atoms with E-state index in [4.69, 9.17) is 16.6 Å². The van der Waals surface area contributed by atoms with Crippen LogP contribution >= 0.6 is 12.2 Å². The maximum absolute atomic E-state index is 12.1. The van der Waals surface area contributed by atoms with Gasteiger partial charge in [0.15, 0.2) is 5.11 Å². The van der Waals surface area contributed by atoms with E-state index in [1.165, 1.54) is 11.8 Å². The van der Waals surface area contributed by atoms with Crippen molar-refractivity contribution in [1.82, 2.24) is 20.3 Å². The molecule has 0 spiro atoms. The monoisotopic (exact) mass is 474 g/mol. The van der Waals surface area contributed by atoms with Crippen LogP contribution in [0.4, 0.5) is 11.4 Å². The van der Waals surface area contributed by atoms with Gasteiger partial charge in [-0.3, -0.25) is 10.1 Å². The standard InChI is InChI=1S/C25H26N6O2S/c1-4-30(5-2)18-8-10-19(11-9-18)31-28-22-15-17(3)21(16-23(22)29-31)26-25(34)27-24(32)13-12-20-7-6-14-33-20/h6-16H,4-5H2,1-3H3,(H2,26,27,32,34)/b13-12+. The van der Waals surface area contributed by atoms with Crippen LogP contribution < -0.4 is 15.5 Å². The highest BCUT2D eigenvalue weighted by Crippen LogP contribution is 2.23. The first kappa shape index (κ1) is 23.2. The summed E-state index contributed by atoms with van der Waals surface area (Å²) in [5.41, 5.74) is 5.21. The predicted molar refractivity (Wildman–Crippen MR) is 139 cm³/mol. The molecule has 1 amide bonds.